The number of H-pyrrole nitrogens is 2. The Hall–Kier alpha value is -3.87. The molecule has 146 valence electrons. The summed E-state index contributed by atoms with van der Waals surface area (Å²) in [7, 11) is 0. The van der Waals surface area contributed by atoms with Crippen molar-refractivity contribution in [1.82, 2.24) is 9.97 Å². The molecule has 0 unspecified atom stereocenters. The molecule has 0 spiro atoms. The van der Waals surface area contributed by atoms with Crippen molar-refractivity contribution in [2.24, 2.45) is 0 Å². The fourth-order valence-corrected chi connectivity index (χ4v) is 3.59. The highest BCUT2D eigenvalue weighted by Crippen LogP contribution is 2.30. The van der Waals surface area contributed by atoms with E-state index in [1.54, 1.807) is 6.20 Å². The van der Waals surface area contributed by atoms with Gasteiger partial charge in [-0.1, -0.05) is 18.2 Å². The second kappa shape index (κ2) is 7.27. The molecular formula is C22H19N3O4. The van der Waals surface area contributed by atoms with E-state index >= 15 is 0 Å². The molecule has 0 aliphatic heterocycles. The van der Waals surface area contributed by atoms with Crippen LogP contribution in [0, 0.1) is 0 Å². The largest absolute Gasteiger partial charge is 0.481 e. The van der Waals surface area contributed by atoms with Crippen LogP contribution in [0.15, 0.2) is 53.5 Å². The molecule has 4 N–H and O–H groups in total. The highest BCUT2D eigenvalue weighted by Gasteiger charge is 2.14. The number of nitrogens with one attached hydrogen (secondary N) is 3. The van der Waals surface area contributed by atoms with Gasteiger partial charge in [0.05, 0.1) is 0 Å². The van der Waals surface area contributed by atoms with E-state index in [9.17, 15) is 14.4 Å². The number of aromatic amines is 2. The zero-order chi connectivity index (χ0) is 20.5. The van der Waals surface area contributed by atoms with Gasteiger partial charge >= 0.3 is 5.97 Å². The Labute approximate surface area is 165 Å². The predicted octanol–water partition coefficient (Wildman–Crippen LogP) is 3.65. The van der Waals surface area contributed by atoms with Gasteiger partial charge in [-0.2, -0.15) is 0 Å². The van der Waals surface area contributed by atoms with Crippen LogP contribution in [0.5, 0.6) is 0 Å². The number of anilines is 1. The number of aryl methyl sites for hydroxylation is 1. The minimum absolute atomic E-state index is 0.0142. The number of carboxylic acids is 1. The molecule has 0 atom stereocenters. The smallest absolute Gasteiger partial charge is 0.303 e. The van der Waals surface area contributed by atoms with Crippen LogP contribution in [-0.2, 0) is 16.0 Å². The average Bonchev–Trinajstić information content (AvgIpc) is 3.11. The Balaban J connectivity index is 1.88. The van der Waals surface area contributed by atoms with Crippen molar-refractivity contribution in [2.75, 3.05) is 5.32 Å². The Morgan fingerprint density at radius 3 is 2.66 bits per heavy atom. The van der Waals surface area contributed by atoms with Crippen molar-refractivity contribution in [1.29, 1.82) is 0 Å². The summed E-state index contributed by atoms with van der Waals surface area (Å²) in [6, 6.07) is 13.2. The number of aromatic nitrogens is 2. The van der Waals surface area contributed by atoms with Crippen LogP contribution in [0.4, 0.5) is 5.69 Å². The van der Waals surface area contributed by atoms with Crippen LogP contribution in [-0.4, -0.2) is 27.0 Å². The summed E-state index contributed by atoms with van der Waals surface area (Å²) in [4.78, 5) is 40.6. The minimum Gasteiger partial charge on any atom is -0.481 e. The van der Waals surface area contributed by atoms with Gasteiger partial charge in [0.25, 0.3) is 5.56 Å². The third-order valence-corrected chi connectivity index (χ3v) is 4.85. The summed E-state index contributed by atoms with van der Waals surface area (Å²) >= 11 is 0. The maximum atomic E-state index is 12.4. The maximum Gasteiger partial charge on any atom is 0.303 e. The SMILES string of the molecule is CC(=O)Nc1cccc(-c2ccc3[nH]c(=O)c4[nH]cc(CCC(=O)O)c4c3c2)c1. The Morgan fingerprint density at radius 1 is 1.10 bits per heavy atom. The Bertz CT molecular complexity index is 1320. The van der Waals surface area contributed by atoms with Crippen LogP contribution in [0.1, 0.15) is 18.9 Å². The molecule has 1 amide bonds. The van der Waals surface area contributed by atoms with E-state index in [1.807, 2.05) is 42.5 Å². The van der Waals surface area contributed by atoms with E-state index in [1.165, 1.54) is 6.92 Å². The summed E-state index contributed by atoms with van der Waals surface area (Å²) in [6.45, 7) is 1.46. The van der Waals surface area contributed by atoms with E-state index in [-0.39, 0.29) is 17.9 Å². The van der Waals surface area contributed by atoms with Crippen LogP contribution in [0.2, 0.25) is 0 Å². The highest BCUT2D eigenvalue weighted by molar-refractivity contribution is 6.07. The number of amides is 1. The molecule has 2 heterocycles. The fraction of sp³-hybridized carbons (Fsp3) is 0.136. The van der Waals surface area contributed by atoms with Crippen LogP contribution in [0.25, 0.3) is 32.9 Å². The number of carboxylic acid groups (broad SMARTS) is 1. The number of fused-ring (bicyclic) bond motifs is 3. The highest BCUT2D eigenvalue weighted by atomic mass is 16.4. The molecule has 7 nitrogen and oxygen atoms in total. The van der Waals surface area contributed by atoms with E-state index in [4.69, 9.17) is 5.11 Å². The van der Waals surface area contributed by atoms with Crippen molar-refractivity contribution in [2.45, 2.75) is 19.8 Å². The fourth-order valence-electron chi connectivity index (χ4n) is 3.59. The molecule has 4 aromatic rings. The molecular weight excluding hydrogens is 370 g/mol. The quantitative estimate of drug-likeness (QED) is 0.417. The van der Waals surface area contributed by atoms with Gasteiger partial charge in [0.15, 0.2) is 0 Å². The van der Waals surface area contributed by atoms with Crippen LogP contribution >= 0.6 is 0 Å². The predicted molar refractivity (Wildman–Crippen MR) is 112 cm³/mol. The number of aliphatic carboxylic acids is 1. The van der Waals surface area contributed by atoms with Crippen molar-refractivity contribution in [3.63, 3.8) is 0 Å². The van der Waals surface area contributed by atoms with Gasteiger partial charge in [-0.25, -0.2) is 0 Å². The number of benzene rings is 2. The lowest BCUT2D eigenvalue weighted by Crippen LogP contribution is -2.06. The standard InChI is InChI=1S/C22H19N3O4/c1-12(26)24-16-4-2-3-13(9-16)14-5-7-18-17(10-14)20-15(6-8-19(27)28)11-23-21(20)22(29)25-18/h2-5,7,9-11,23H,6,8H2,1H3,(H,24,26)(H,25,29)(H,27,28). The van der Waals surface area contributed by atoms with E-state index in [2.05, 4.69) is 15.3 Å². The van der Waals surface area contributed by atoms with Gasteiger partial charge in [0.1, 0.15) is 5.52 Å². The molecule has 0 radical (unpaired) electrons. The van der Waals surface area contributed by atoms with E-state index in [0.717, 1.165) is 27.5 Å². The van der Waals surface area contributed by atoms with Crippen LogP contribution in [0.3, 0.4) is 0 Å². The topological polar surface area (TPSA) is 115 Å². The number of carbonyl (C=O) groups is 2. The molecule has 0 saturated carbocycles. The van der Waals surface area contributed by atoms with Crippen molar-refractivity contribution >= 4 is 39.4 Å². The minimum atomic E-state index is -0.885. The number of pyridine rings is 1. The molecule has 0 fully saturated rings. The molecule has 7 heteroatoms. The van der Waals surface area contributed by atoms with Crippen molar-refractivity contribution in [3.8, 4) is 11.1 Å². The maximum absolute atomic E-state index is 12.4. The number of carbonyl (C=O) groups excluding carboxylic acids is 1. The summed E-state index contributed by atoms with van der Waals surface area (Å²) < 4.78 is 0. The second-order valence-electron chi connectivity index (χ2n) is 6.93. The van der Waals surface area contributed by atoms with Crippen molar-refractivity contribution in [3.05, 3.63) is 64.6 Å². The molecule has 0 saturated heterocycles. The van der Waals surface area contributed by atoms with Crippen molar-refractivity contribution < 1.29 is 14.7 Å². The van der Waals surface area contributed by atoms with Gasteiger partial charge < -0.3 is 20.4 Å². The summed E-state index contributed by atoms with van der Waals surface area (Å²) in [5.41, 5.74) is 4.20. The number of rotatable bonds is 5. The first-order valence-corrected chi connectivity index (χ1v) is 9.18. The Kier molecular flexibility index (Phi) is 4.64. The summed E-state index contributed by atoms with van der Waals surface area (Å²) in [5, 5.41) is 13.4. The normalized spacial score (nSPS) is 11.1. The van der Waals surface area contributed by atoms with E-state index < -0.39 is 5.97 Å². The first kappa shape index (κ1) is 18.5. The third kappa shape index (κ3) is 3.62. The van der Waals surface area contributed by atoms with Gasteiger partial charge in [-0.15, -0.1) is 0 Å². The molecule has 2 aromatic carbocycles. The lowest BCUT2D eigenvalue weighted by molar-refractivity contribution is -0.137. The van der Waals surface area contributed by atoms with Gasteiger partial charge in [-0.3, -0.25) is 14.4 Å². The first-order valence-electron chi connectivity index (χ1n) is 9.18. The number of hydrogen-bond donors (Lipinski definition) is 4. The zero-order valence-corrected chi connectivity index (χ0v) is 15.7. The lowest BCUT2D eigenvalue weighted by Gasteiger charge is -2.09. The Morgan fingerprint density at radius 2 is 1.90 bits per heavy atom. The molecule has 0 aliphatic rings. The van der Waals surface area contributed by atoms with Gasteiger partial charge in [0, 0.05) is 41.5 Å². The molecule has 2 aromatic heterocycles. The lowest BCUT2D eigenvalue weighted by atomic mass is 9.99. The molecule has 29 heavy (non-hydrogen) atoms. The molecule has 4 rings (SSSR count). The van der Waals surface area contributed by atoms with Gasteiger partial charge in [-0.05, 0) is 47.4 Å². The second-order valence-corrected chi connectivity index (χ2v) is 6.93. The molecule has 0 aliphatic carbocycles. The summed E-state index contributed by atoms with van der Waals surface area (Å²) in [6.07, 6.45) is 2.02. The average molecular weight is 389 g/mol. The third-order valence-electron chi connectivity index (χ3n) is 4.85. The number of hydrogen-bond acceptors (Lipinski definition) is 3. The van der Waals surface area contributed by atoms with Crippen LogP contribution < -0.4 is 10.9 Å². The zero-order valence-electron chi connectivity index (χ0n) is 15.7. The summed E-state index contributed by atoms with van der Waals surface area (Å²) in [5.74, 6) is -1.03. The van der Waals surface area contributed by atoms with E-state index in [0.29, 0.717) is 23.1 Å². The first-order chi connectivity index (χ1) is 13.9. The molecule has 0 bridgehead atoms. The van der Waals surface area contributed by atoms with Gasteiger partial charge in [0.2, 0.25) is 5.91 Å². The monoisotopic (exact) mass is 389 g/mol.